The van der Waals surface area contributed by atoms with Crippen molar-refractivity contribution in [1.29, 1.82) is 0 Å². The van der Waals surface area contributed by atoms with E-state index < -0.39 is 12.0 Å². The number of nitrogens with zero attached hydrogens (tertiary/aromatic N) is 4. The maximum Gasteiger partial charge on any atom is 0.281 e. The van der Waals surface area contributed by atoms with E-state index in [9.17, 15) is 9.90 Å². The lowest BCUT2D eigenvalue weighted by Gasteiger charge is -2.01. The number of aromatic nitrogens is 3. The minimum atomic E-state index is -1.26. The lowest BCUT2D eigenvalue weighted by atomic mass is 10.2. The van der Waals surface area contributed by atoms with Gasteiger partial charge in [-0.3, -0.25) is 9.48 Å². The van der Waals surface area contributed by atoms with Gasteiger partial charge in [-0.2, -0.15) is 10.1 Å². The van der Waals surface area contributed by atoms with E-state index in [1.807, 2.05) is 5.38 Å². The molecule has 90 valence electrons. The van der Waals surface area contributed by atoms with Crippen LogP contribution >= 0.6 is 11.3 Å². The van der Waals surface area contributed by atoms with E-state index >= 15 is 0 Å². The Morgan fingerprint density at radius 3 is 2.88 bits per heavy atom. The number of aliphatic hydroxyl groups is 1. The molecule has 1 amide bonds. The summed E-state index contributed by atoms with van der Waals surface area (Å²) in [7, 11) is 3.51. The molecule has 0 saturated heterocycles. The smallest absolute Gasteiger partial charge is 0.281 e. The number of thiazole rings is 1. The maximum absolute atomic E-state index is 11.7. The molecular weight excluding hydrogens is 240 g/mol. The Hall–Kier alpha value is -1.73. The van der Waals surface area contributed by atoms with E-state index in [1.165, 1.54) is 22.2 Å². The summed E-state index contributed by atoms with van der Waals surface area (Å²) in [5.74, 6) is -0.587. The number of carbonyl (C=O) groups is 1. The van der Waals surface area contributed by atoms with Crippen molar-refractivity contribution >= 4 is 17.2 Å². The van der Waals surface area contributed by atoms with E-state index in [2.05, 4.69) is 10.1 Å². The fraction of sp³-hybridized carbons (Fsp3) is 0.300. The van der Waals surface area contributed by atoms with Gasteiger partial charge in [0.05, 0.1) is 6.20 Å². The Morgan fingerprint density at radius 1 is 1.59 bits per heavy atom. The summed E-state index contributed by atoms with van der Waals surface area (Å²) >= 11 is 1.34. The molecule has 0 bridgehead atoms. The lowest BCUT2D eigenvalue weighted by molar-refractivity contribution is -0.126. The third kappa shape index (κ3) is 2.51. The van der Waals surface area contributed by atoms with Crippen molar-refractivity contribution in [3.8, 4) is 0 Å². The number of rotatable bonds is 2. The molecule has 0 aromatic carbocycles. The molecule has 7 heteroatoms. The molecule has 2 rings (SSSR count). The molecule has 1 atom stereocenters. The van der Waals surface area contributed by atoms with Crippen LogP contribution in [0.2, 0.25) is 0 Å². The molecule has 0 saturated carbocycles. The van der Waals surface area contributed by atoms with Crippen LogP contribution in [0.15, 0.2) is 29.0 Å². The summed E-state index contributed by atoms with van der Waals surface area (Å²) in [5.41, 5.74) is 0.445. The Balaban J connectivity index is 2.25. The van der Waals surface area contributed by atoms with Gasteiger partial charge in [0.15, 0.2) is 10.9 Å². The van der Waals surface area contributed by atoms with Gasteiger partial charge in [0.2, 0.25) is 0 Å². The normalized spacial score (nSPS) is 13.9. The Bertz CT molecular complexity index is 595. The monoisotopic (exact) mass is 252 g/mol. The van der Waals surface area contributed by atoms with Crippen molar-refractivity contribution in [2.75, 3.05) is 0 Å². The number of aliphatic hydroxyl groups excluding tert-OH is 1. The number of amides is 1. The second-order valence-corrected chi connectivity index (χ2v) is 4.47. The minimum Gasteiger partial charge on any atom is -0.378 e. The third-order valence-electron chi connectivity index (χ3n) is 2.24. The van der Waals surface area contributed by atoms with E-state index in [-0.39, 0.29) is 0 Å². The van der Waals surface area contributed by atoms with Crippen LogP contribution in [-0.2, 0) is 18.9 Å². The molecule has 0 aliphatic carbocycles. The second-order valence-electron chi connectivity index (χ2n) is 3.60. The van der Waals surface area contributed by atoms with Crippen molar-refractivity contribution in [2.45, 2.75) is 6.10 Å². The molecule has 0 unspecified atom stereocenters. The summed E-state index contributed by atoms with van der Waals surface area (Å²) in [6.07, 6.45) is 3.58. The van der Waals surface area contributed by atoms with Crippen molar-refractivity contribution in [1.82, 2.24) is 14.3 Å². The van der Waals surface area contributed by atoms with Gasteiger partial charge in [-0.25, -0.2) is 0 Å². The largest absolute Gasteiger partial charge is 0.378 e. The van der Waals surface area contributed by atoms with Gasteiger partial charge >= 0.3 is 0 Å². The van der Waals surface area contributed by atoms with Crippen LogP contribution in [0.5, 0.6) is 0 Å². The van der Waals surface area contributed by atoms with Gasteiger partial charge in [0, 0.05) is 37.4 Å². The SMILES string of the molecule is Cn1cc([C@@H](O)C(=O)N=c2sccn2C)cn1. The predicted octanol–water partition coefficient (Wildman–Crippen LogP) is -0.0190. The average Bonchev–Trinajstić information content (AvgIpc) is 2.88. The fourth-order valence-corrected chi connectivity index (χ4v) is 2.05. The number of hydrogen-bond donors (Lipinski definition) is 1. The average molecular weight is 252 g/mol. The van der Waals surface area contributed by atoms with Crippen LogP contribution in [-0.4, -0.2) is 25.4 Å². The van der Waals surface area contributed by atoms with Crippen molar-refractivity contribution in [3.05, 3.63) is 34.3 Å². The van der Waals surface area contributed by atoms with Gasteiger partial charge in [-0.15, -0.1) is 11.3 Å². The van der Waals surface area contributed by atoms with Crippen LogP contribution in [0.25, 0.3) is 0 Å². The zero-order valence-corrected chi connectivity index (χ0v) is 10.3. The van der Waals surface area contributed by atoms with Crippen LogP contribution in [0, 0.1) is 0 Å². The van der Waals surface area contributed by atoms with Crippen LogP contribution < -0.4 is 4.80 Å². The molecular formula is C10H12N4O2S. The maximum atomic E-state index is 11.7. The highest BCUT2D eigenvalue weighted by Crippen LogP contribution is 2.12. The number of carbonyl (C=O) groups excluding carboxylic acids is 1. The first-order valence-electron chi connectivity index (χ1n) is 4.93. The third-order valence-corrected chi connectivity index (χ3v) is 3.09. The second kappa shape index (κ2) is 4.64. The molecule has 17 heavy (non-hydrogen) atoms. The quantitative estimate of drug-likeness (QED) is 0.816. The Morgan fingerprint density at radius 2 is 2.35 bits per heavy atom. The summed E-state index contributed by atoms with van der Waals surface area (Å²) in [4.78, 5) is 16.1. The molecule has 2 heterocycles. The van der Waals surface area contributed by atoms with E-state index in [0.29, 0.717) is 10.4 Å². The highest BCUT2D eigenvalue weighted by atomic mass is 32.1. The molecule has 6 nitrogen and oxygen atoms in total. The van der Waals surface area contributed by atoms with Gasteiger partial charge in [0.25, 0.3) is 5.91 Å². The van der Waals surface area contributed by atoms with Crippen LogP contribution in [0.3, 0.4) is 0 Å². The van der Waals surface area contributed by atoms with Crippen molar-refractivity contribution < 1.29 is 9.90 Å². The molecule has 2 aromatic rings. The summed E-state index contributed by atoms with van der Waals surface area (Å²) in [5, 5.41) is 15.5. The number of hydrogen-bond acceptors (Lipinski definition) is 4. The molecule has 0 radical (unpaired) electrons. The molecule has 1 N–H and O–H groups in total. The standard InChI is InChI=1S/C10H12N4O2S/c1-13-3-4-17-10(13)12-9(16)8(15)7-5-11-14(2)6-7/h3-6,8,15H,1-2H3/t8-/m1/s1. The molecule has 0 aliphatic rings. The van der Waals surface area contributed by atoms with Crippen molar-refractivity contribution in [3.63, 3.8) is 0 Å². The summed E-state index contributed by atoms with van der Waals surface area (Å²) in [6.45, 7) is 0. The van der Waals surface area contributed by atoms with Crippen molar-refractivity contribution in [2.24, 2.45) is 19.1 Å². The molecule has 0 spiro atoms. The Labute approximate surface area is 101 Å². The summed E-state index contributed by atoms with van der Waals surface area (Å²) in [6, 6.07) is 0. The molecule has 0 fully saturated rings. The van der Waals surface area contributed by atoms with Crippen LogP contribution in [0.1, 0.15) is 11.7 Å². The van der Waals surface area contributed by atoms with Gasteiger partial charge in [-0.05, 0) is 0 Å². The lowest BCUT2D eigenvalue weighted by Crippen LogP contribution is -2.16. The van der Waals surface area contributed by atoms with E-state index in [0.717, 1.165) is 0 Å². The highest BCUT2D eigenvalue weighted by molar-refractivity contribution is 7.07. The van der Waals surface area contributed by atoms with E-state index in [1.54, 1.807) is 31.1 Å². The zero-order valence-electron chi connectivity index (χ0n) is 9.44. The zero-order chi connectivity index (χ0) is 12.4. The van der Waals surface area contributed by atoms with E-state index in [4.69, 9.17) is 0 Å². The van der Waals surface area contributed by atoms with Crippen LogP contribution in [0.4, 0.5) is 0 Å². The number of aryl methyl sites for hydroxylation is 2. The molecule has 0 aliphatic heterocycles. The minimum absolute atomic E-state index is 0.445. The first kappa shape index (κ1) is 11.7. The Kier molecular flexibility index (Phi) is 3.21. The van der Waals surface area contributed by atoms with Gasteiger partial charge in [-0.1, -0.05) is 0 Å². The first-order valence-corrected chi connectivity index (χ1v) is 5.81. The fourth-order valence-electron chi connectivity index (χ4n) is 1.31. The highest BCUT2D eigenvalue weighted by Gasteiger charge is 2.18. The topological polar surface area (TPSA) is 72.4 Å². The molecule has 2 aromatic heterocycles. The summed E-state index contributed by atoms with van der Waals surface area (Å²) < 4.78 is 3.25. The first-order chi connectivity index (χ1) is 8.08. The predicted molar refractivity (Wildman–Crippen MR) is 62.0 cm³/mol. The van der Waals surface area contributed by atoms with Gasteiger partial charge in [0.1, 0.15) is 0 Å². The van der Waals surface area contributed by atoms with Gasteiger partial charge < -0.3 is 9.67 Å².